The number of aromatic hydroxyl groups is 1. The normalized spacial score (nSPS) is 26.3. The molecule has 7 nitrogen and oxygen atoms in total. The van der Waals surface area contributed by atoms with Crippen molar-refractivity contribution in [2.24, 2.45) is 5.92 Å². The van der Waals surface area contributed by atoms with Gasteiger partial charge in [-0.2, -0.15) is 0 Å². The van der Waals surface area contributed by atoms with Crippen molar-refractivity contribution in [1.29, 1.82) is 0 Å². The van der Waals surface area contributed by atoms with Gasteiger partial charge < -0.3 is 25.4 Å². The zero-order valence-electron chi connectivity index (χ0n) is 19.0. The first-order chi connectivity index (χ1) is 15.1. The Morgan fingerprint density at radius 1 is 1.09 bits per heavy atom. The van der Waals surface area contributed by atoms with Crippen molar-refractivity contribution in [1.82, 2.24) is 0 Å². The van der Waals surface area contributed by atoms with Crippen LogP contribution in [-0.2, 0) is 20.7 Å². The quantitative estimate of drug-likeness (QED) is 0.496. The molecule has 1 aromatic rings. The second-order valence-electron chi connectivity index (χ2n) is 8.39. The molecule has 4 N–H and O–H groups in total. The maximum absolute atomic E-state index is 12.6. The number of aliphatic hydroxyl groups excluding tert-OH is 2. The van der Waals surface area contributed by atoms with Crippen molar-refractivity contribution in [3.05, 3.63) is 59.2 Å². The van der Waals surface area contributed by atoms with Crippen LogP contribution < -0.4 is 5.32 Å². The Morgan fingerprint density at radius 2 is 1.81 bits per heavy atom. The highest BCUT2D eigenvalue weighted by Gasteiger charge is 2.23. The van der Waals surface area contributed by atoms with Gasteiger partial charge >= 0.3 is 0 Å². The van der Waals surface area contributed by atoms with E-state index in [2.05, 4.69) is 5.32 Å². The number of phenols is 1. The standard InChI is InChI=1S/C25H33NO6/c1-15-6-5-7-24(32-4)23(30)13-21(28)16(2)9-17(3)22(29)14-25(31)26-19-10-18(8-15)11-20(27)12-19/h5-7,9-12,16,21-22,24,27-29H,8,13-14H2,1-4H3,(H,26,31). The third kappa shape index (κ3) is 7.75. The second-order valence-corrected chi connectivity index (χ2v) is 8.39. The molecular weight excluding hydrogens is 410 g/mol. The van der Waals surface area contributed by atoms with Crippen molar-refractivity contribution >= 4 is 17.4 Å². The highest BCUT2D eigenvalue weighted by atomic mass is 16.5. The number of methoxy groups -OCH3 is 1. The lowest BCUT2D eigenvalue weighted by atomic mass is 9.94. The van der Waals surface area contributed by atoms with Crippen LogP contribution in [0.15, 0.2) is 53.6 Å². The molecule has 1 aliphatic heterocycles. The summed E-state index contributed by atoms with van der Waals surface area (Å²) in [5.41, 5.74) is 2.73. The predicted octanol–water partition coefficient (Wildman–Crippen LogP) is 3.06. The molecule has 0 saturated carbocycles. The monoisotopic (exact) mass is 443 g/mol. The molecule has 4 atom stereocenters. The molecule has 1 aromatic carbocycles. The molecule has 0 spiro atoms. The Kier molecular flexibility index (Phi) is 9.38. The molecule has 0 aliphatic carbocycles. The maximum Gasteiger partial charge on any atom is 0.227 e. The molecule has 2 rings (SSSR count). The number of carbonyl (C=O) groups excluding carboxylic acids is 2. The molecule has 0 radical (unpaired) electrons. The SMILES string of the molecule is COC1C=CC=C(C)Cc2cc(O)cc(c2)NC(=O)CC(O)C(C)=CC(C)C(O)CC1=O. The third-order valence-corrected chi connectivity index (χ3v) is 5.43. The van der Waals surface area contributed by atoms with E-state index in [4.69, 9.17) is 4.74 Å². The number of rotatable bonds is 1. The number of Topliss-reactive ketones (excluding diaryl/α,β-unsaturated/α-hetero) is 1. The Morgan fingerprint density at radius 3 is 2.50 bits per heavy atom. The Hall–Kier alpha value is -2.74. The minimum absolute atomic E-state index is 0.0246. The van der Waals surface area contributed by atoms with Gasteiger partial charge in [0.25, 0.3) is 0 Å². The Labute approximate surface area is 189 Å². The Balaban J connectivity index is 2.38. The number of hydrogen-bond donors (Lipinski definition) is 4. The van der Waals surface area contributed by atoms with Crippen LogP contribution in [0, 0.1) is 5.92 Å². The van der Waals surface area contributed by atoms with Gasteiger partial charge in [0.2, 0.25) is 5.91 Å². The fourth-order valence-electron chi connectivity index (χ4n) is 3.56. The van der Waals surface area contributed by atoms with Crippen molar-refractivity contribution < 1.29 is 29.6 Å². The molecular formula is C25H33NO6. The number of ketones is 1. The number of carbonyl (C=O) groups is 2. The van der Waals surface area contributed by atoms with E-state index in [0.717, 1.165) is 11.1 Å². The predicted molar refractivity (Wildman–Crippen MR) is 123 cm³/mol. The fourth-order valence-corrected chi connectivity index (χ4v) is 3.56. The zero-order chi connectivity index (χ0) is 23.8. The number of anilines is 1. The van der Waals surface area contributed by atoms with Gasteiger partial charge in [0, 0.05) is 31.2 Å². The lowest BCUT2D eigenvalue weighted by Gasteiger charge is -2.19. The minimum Gasteiger partial charge on any atom is -0.508 e. The second kappa shape index (κ2) is 11.8. The van der Waals surface area contributed by atoms with Crippen LogP contribution in [0.5, 0.6) is 5.75 Å². The molecule has 2 bridgehead atoms. The molecule has 1 amide bonds. The Bertz CT molecular complexity index is 917. The number of phenolic OH excluding ortho intramolecular Hbond substituents is 1. The van der Waals surface area contributed by atoms with E-state index in [9.17, 15) is 24.9 Å². The highest BCUT2D eigenvalue weighted by molar-refractivity contribution is 5.91. The summed E-state index contributed by atoms with van der Waals surface area (Å²) in [6.07, 6.45) is 4.35. The average Bonchev–Trinajstić information content (AvgIpc) is 2.69. The van der Waals surface area contributed by atoms with Crippen LogP contribution in [0.2, 0.25) is 0 Å². The molecule has 7 heteroatoms. The van der Waals surface area contributed by atoms with E-state index < -0.39 is 30.1 Å². The summed E-state index contributed by atoms with van der Waals surface area (Å²) < 4.78 is 5.27. The third-order valence-electron chi connectivity index (χ3n) is 5.43. The molecule has 4 unspecified atom stereocenters. The number of aliphatic hydroxyl groups is 2. The van der Waals surface area contributed by atoms with Gasteiger partial charge in [0.15, 0.2) is 5.78 Å². The van der Waals surface area contributed by atoms with E-state index >= 15 is 0 Å². The van der Waals surface area contributed by atoms with Gasteiger partial charge in [-0.25, -0.2) is 0 Å². The topological polar surface area (TPSA) is 116 Å². The van der Waals surface area contributed by atoms with E-state index in [1.54, 1.807) is 44.2 Å². The largest absolute Gasteiger partial charge is 0.508 e. The molecule has 32 heavy (non-hydrogen) atoms. The molecule has 0 saturated heterocycles. The number of ether oxygens (including phenoxy) is 1. The van der Waals surface area contributed by atoms with Crippen molar-refractivity contribution in [2.75, 3.05) is 12.4 Å². The zero-order valence-corrected chi connectivity index (χ0v) is 19.0. The first-order valence-corrected chi connectivity index (χ1v) is 10.7. The van der Waals surface area contributed by atoms with Gasteiger partial charge in [-0.1, -0.05) is 30.7 Å². The molecule has 174 valence electrons. The van der Waals surface area contributed by atoms with Gasteiger partial charge in [0.05, 0.1) is 18.6 Å². The number of nitrogens with one attached hydrogen (secondary N) is 1. The van der Waals surface area contributed by atoms with Crippen molar-refractivity contribution in [3.63, 3.8) is 0 Å². The van der Waals surface area contributed by atoms with Crippen LogP contribution in [0.25, 0.3) is 0 Å². The summed E-state index contributed by atoms with van der Waals surface area (Å²) in [5, 5.41) is 33.6. The number of hydrogen-bond acceptors (Lipinski definition) is 6. The number of allylic oxidation sites excluding steroid dienone is 3. The smallest absolute Gasteiger partial charge is 0.227 e. The first kappa shape index (κ1) is 25.5. The summed E-state index contributed by atoms with van der Waals surface area (Å²) in [5.74, 6) is -1.04. The molecule has 0 aromatic heterocycles. The van der Waals surface area contributed by atoms with Gasteiger partial charge in [-0.15, -0.1) is 0 Å². The van der Waals surface area contributed by atoms with Gasteiger partial charge in [-0.3, -0.25) is 9.59 Å². The van der Waals surface area contributed by atoms with Crippen LogP contribution in [0.4, 0.5) is 5.69 Å². The van der Waals surface area contributed by atoms with Crippen LogP contribution in [-0.4, -0.2) is 52.4 Å². The molecule has 1 aliphatic rings. The minimum atomic E-state index is -1.04. The van der Waals surface area contributed by atoms with E-state index in [-0.39, 0.29) is 24.4 Å². The van der Waals surface area contributed by atoms with Crippen molar-refractivity contribution in [3.8, 4) is 5.75 Å². The summed E-state index contributed by atoms with van der Waals surface area (Å²) in [6.45, 7) is 5.33. The van der Waals surface area contributed by atoms with Crippen LogP contribution in [0.3, 0.4) is 0 Å². The van der Waals surface area contributed by atoms with E-state index in [1.165, 1.54) is 13.2 Å². The summed E-state index contributed by atoms with van der Waals surface area (Å²) >= 11 is 0. The summed E-state index contributed by atoms with van der Waals surface area (Å²) in [6, 6.07) is 4.83. The van der Waals surface area contributed by atoms with Gasteiger partial charge in [0.1, 0.15) is 11.9 Å². The number of fused-ring (bicyclic) bond motifs is 2. The van der Waals surface area contributed by atoms with Crippen molar-refractivity contribution in [2.45, 2.75) is 58.3 Å². The molecule has 1 heterocycles. The van der Waals surface area contributed by atoms with E-state index in [1.807, 2.05) is 13.0 Å². The number of benzene rings is 1. The van der Waals surface area contributed by atoms with E-state index in [0.29, 0.717) is 17.7 Å². The highest BCUT2D eigenvalue weighted by Crippen LogP contribution is 2.23. The lowest BCUT2D eigenvalue weighted by Crippen LogP contribution is -2.28. The van der Waals surface area contributed by atoms with Crippen LogP contribution >= 0.6 is 0 Å². The lowest BCUT2D eigenvalue weighted by molar-refractivity contribution is -0.128. The van der Waals surface area contributed by atoms with Gasteiger partial charge in [-0.05, 0) is 49.6 Å². The maximum atomic E-state index is 12.6. The summed E-state index contributed by atoms with van der Waals surface area (Å²) in [4.78, 5) is 25.0. The summed E-state index contributed by atoms with van der Waals surface area (Å²) in [7, 11) is 1.44. The number of amides is 1. The van der Waals surface area contributed by atoms with Crippen LogP contribution in [0.1, 0.15) is 39.2 Å². The first-order valence-electron chi connectivity index (χ1n) is 10.7. The fraction of sp³-hybridized carbons (Fsp3) is 0.440. The molecule has 0 fully saturated rings. The average molecular weight is 444 g/mol.